The maximum Gasteiger partial charge on any atom is 0.291 e. The SMILES string of the molecule is Cl.NC1CCC2CN(C(=O)c3cccc(NC(=O)c4ccco4)c3)CC12. The number of halogens is 1. The van der Waals surface area contributed by atoms with Gasteiger partial charge in [-0.15, -0.1) is 12.4 Å². The maximum absolute atomic E-state index is 12.8. The number of carbonyl (C=O) groups is 2. The van der Waals surface area contributed by atoms with Gasteiger partial charge in [0.05, 0.1) is 6.26 Å². The third-order valence-corrected chi connectivity index (χ3v) is 5.31. The standard InChI is InChI=1S/C19H21N3O3.ClH/c20-16-7-6-13-10-22(11-15(13)16)19(24)12-3-1-4-14(9-12)21-18(23)17-5-2-8-25-17;/h1-5,8-9,13,15-16H,6-7,10-11,20H2,(H,21,23);1H. The summed E-state index contributed by atoms with van der Waals surface area (Å²) in [6.07, 6.45) is 3.62. The van der Waals surface area contributed by atoms with Gasteiger partial charge >= 0.3 is 0 Å². The number of carbonyl (C=O) groups excluding carboxylic acids is 2. The van der Waals surface area contributed by atoms with E-state index in [4.69, 9.17) is 10.2 Å². The molecule has 2 aliphatic rings. The van der Waals surface area contributed by atoms with E-state index in [2.05, 4.69) is 5.32 Å². The highest BCUT2D eigenvalue weighted by atomic mass is 35.5. The molecule has 138 valence electrons. The van der Waals surface area contributed by atoms with Gasteiger partial charge in [0, 0.05) is 30.4 Å². The van der Waals surface area contributed by atoms with Gasteiger partial charge in [-0.25, -0.2) is 0 Å². The molecule has 1 saturated carbocycles. The van der Waals surface area contributed by atoms with Gasteiger partial charge in [0.2, 0.25) is 0 Å². The second kappa shape index (κ2) is 7.51. The first kappa shape index (κ1) is 18.5. The van der Waals surface area contributed by atoms with Gasteiger partial charge in [-0.2, -0.15) is 0 Å². The fraction of sp³-hybridized carbons (Fsp3) is 0.368. The van der Waals surface area contributed by atoms with Crippen molar-refractivity contribution in [3.63, 3.8) is 0 Å². The first-order chi connectivity index (χ1) is 12.1. The number of fused-ring (bicyclic) bond motifs is 1. The van der Waals surface area contributed by atoms with E-state index < -0.39 is 0 Å². The predicted octanol–water partition coefficient (Wildman–Crippen LogP) is 2.76. The number of nitrogens with two attached hydrogens (primary N) is 1. The third kappa shape index (κ3) is 3.48. The number of rotatable bonds is 3. The number of hydrogen-bond donors (Lipinski definition) is 2. The van der Waals surface area contributed by atoms with Crippen molar-refractivity contribution in [1.29, 1.82) is 0 Å². The van der Waals surface area contributed by atoms with Gasteiger partial charge in [0.1, 0.15) is 0 Å². The van der Waals surface area contributed by atoms with Crippen molar-refractivity contribution in [3.8, 4) is 0 Å². The van der Waals surface area contributed by atoms with Gasteiger partial charge in [0.15, 0.2) is 5.76 Å². The fourth-order valence-corrected chi connectivity index (χ4v) is 3.99. The Morgan fingerprint density at radius 2 is 2.00 bits per heavy atom. The van der Waals surface area contributed by atoms with Crippen molar-refractivity contribution in [2.45, 2.75) is 18.9 Å². The molecule has 3 atom stereocenters. The number of anilines is 1. The van der Waals surface area contributed by atoms with Gasteiger partial charge in [-0.05, 0) is 55.0 Å². The van der Waals surface area contributed by atoms with E-state index >= 15 is 0 Å². The topological polar surface area (TPSA) is 88.6 Å². The van der Waals surface area contributed by atoms with E-state index in [9.17, 15) is 9.59 Å². The summed E-state index contributed by atoms with van der Waals surface area (Å²) in [7, 11) is 0. The molecule has 1 aliphatic heterocycles. The minimum Gasteiger partial charge on any atom is -0.459 e. The van der Waals surface area contributed by atoms with Crippen LogP contribution in [0.1, 0.15) is 33.8 Å². The molecule has 1 aliphatic carbocycles. The van der Waals surface area contributed by atoms with Crippen LogP contribution in [0.2, 0.25) is 0 Å². The van der Waals surface area contributed by atoms with E-state index in [-0.39, 0.29) is 36.0 Å². The number of nitrogens with one attached hydrogen (secondary N) is 1. The van der Waals surface area contributed by atoms with Crippen molar-refractivity contribution >= 4 is 29.9 Å². The molecular formula is C19H22ClN3O3. The van der Waals surface area contributed by atoms with E-state index in [1.165, 1.54) is 6.26 Å². The molecule has 2 heterocycles. The summed E-state index contributed by atoms with van der Waals surface area (Å²) in [4.78, 5) is 26.8. The zero-order chi connectivity index (χ0) is 17.4. The van der Waals surface area contributed by atoms with Gasteiger partial charge in [-0.3, -0.25) is 9.59 Å². The number of amides is 2. The van der Waals surface area contributed by atoms with Crippen molar-refractivity contribution in [1.82, 2.24) is 4.90 Å². The predicted molar refractivity (Wildman–Crippen MR) is 100 cm³/mol. The summed E-state index contributed by atoms with van der Waals surface area (Å²) in [5.74, 6) is 0.844. The average Bonchev–Trinajstić information content (AvgIpc) is 3.33. The largest absolute Gasteiger partial charge is 0.459 e. The van der Waals surface area contributed by atoms with Crippen molar-refractivity contribution in [2.24, 2.45) is 17.6 Å². The zero-order valence-electron chi connectivity index (χ0n) is 14.3. The number of furan rings is 1. The van der Waals surface area contributed by atoms with Crippen LogP contribution < -0.4 is 11.1 Å². The maximum atomic E-state index is 12.8. The van der Waals surface area contributed by atoms with Crippen LogP contribution in [0.4, 0.5) is 5.69 Å². The highest BCUT2D eigenvalue weighted by Gasteiger charge is 2.42. The minimum absolute atomic E-state index is 0. The van der Waals surface area contributed by atoms with Crippen LogP contribution in [0, 0.1) is 11.8 Å². The highest BCUT2D eigenvalue weighted by Crippen LogP contribution is 2.37. The Labute approximate surface area is 158 Å². The molecule has 2 fully saturated rings. The number of likely N-dealkylation sites (tertiary alicyclic amines) is 1. The van der Waals surface area contributed by atoms with Gasteiger partial charge in [0.25, 0.3) is 11.8 Å². The summed E-state index contributed by atoms with van der Waals surface area (Å²) in [6.45, 7) is 1.51. The third-order valence-electron chi connectivity index (χ3n) is 5.31. The van der Waals surface area contributed by atoms with Crippen molar-refractivity contribution < 1.29 is 14.0 Å². The van der Waals surface area contributed by atoms with Crippen LogP contribution in [0.3, 0.4) is 0 Å². The number of benzene rings is 1. The Morgan fingerprint density at radius 1 is 1.15 bits per heavy atom. The quantitative estimate of drug-likeness (QED) is 0.863. The molecule has 7 heteroatoms. The molecule has 1 saturated heterocycles. The summed E-state index contributed by atoms with van der Waals surface area (Å²) in [6, 6.07) is 10.5. The van der Waals surface area contributed by atoms with Gasteiger partial charge < -0.3 is 20.4 Å². The van der Waals surface area contributed by atoms with Crippen LogP contribution in [0.15, 0.2) is 47.1 Å². The molecule has 3 unspecified atom stereocenters. The highest BCUT2D eigenvalue weighted by molar-refractivity contribution is 6.03. The molecule has 26 heavy (non-hydrogen) atoms. The summed E-state index contributed by atoms with van der Waals surface area (Å²) < 4.78 is 5.08. The van der Waals surface area contributed by atoms with Crippen molar-refractivity contribution in [2.75, 3.05) is 18.4 Å². The van der Waals surface area contributed by atoms with Crippen LogP contribution in [0.25, 0.3) is 0 Å². The Hall–Kier alpha value is -2.31. The first-order valence-electron chi connectivity index (χ1n) is 8.61. The lowest BCUT2D eigenvalue weighted by Crippen LogP contribution is -2.33. The Kier molecular flexibility index (Phi) is 5.34. The molecule has 0 radical (unpaired) electrons. The lowest BCUT2D eigenvalue weighted by Gasteiger charge is -2.19. The molecule has 2 amide bonds. The number of hydrogen-bond acceptors (Lipinski definition) is 4. The lowest BCUT2D eigenvalue weighted by molar-refractivity contribution is 0.0779. The monoisotopic (exact) mass is 375 g/mol. The lowest BCUT2D eigenvalue weighted by atomic mass is 9.98. The van der Waals surface area contributed by atoms with E-state index in [1.807, 2.05) is 4.90 Å². The van der Waals surface area contributed by atoms with E-state index in [0.717, 1.165) is 25.9 Å². The molecule has 6 nitrogen and oxygen atoms in total. The summed E-state index contributed by atoms with van der Waals surface area (Å²) in [5, 5.41) is 2.75. The Balaban J connectivity index is 0.00000196. The second-order valence-corrected chi connectivity index (χ2v) is 6.89. The van der Waals surface area contributed by atoms with Crippen molar-refractivity contribution in [3.05, 3.63) is 54.0 Å². The van der Waals surface area contributed by atoms with Crippen LogP contribution in [-0.2, 0) is 0 Å². The molecule has 1 aromatic heterocycles. The summed E-state index contributed by atoms with van der Waals surface area (Å²) >= 11 is 0. The first-order valence-corrected chi connectivity index (χ1v) is 8.61. The minimum atomic E-state index is -0.337. The smallest absolute Gasteiger partial charge is 0.291 e. The van der Waals surface area contributed by atoms with E-state index in [0.29, 0.717) is 23.1 Å². The molecule has 0 bridgehead atoms. The normalized spacial score (nSPS) is 24.0. The second-order valence-electron chi connectivity index (χ2n) is 6.89. The Bertz CT molecular complexity index is 793. The molecule has 1 aromatic carbocycles. The molecule has 0 spiro atoms. The Morgan fingerprint density at radius 3 is 2.73 bits per heavy atom. The van der Waals surface area contributed by atoms with Crippen LogP contribution in [0.5, 0.6) is 0 Å². The molecular weight excluding hydrogens is 354 g/mol. The summed E-state index contributed by atoms with van der Waals surface area (Å²) in [5.41, 5.74) is 7.30. The number of nitrogens with zero attached hydrogens (tertiary/aromatic N) is 1. The fourth-order valence-electron chi connectivity index (χ4n) is 3.99. The van der Waals surface area contributed by atoms with Gasteiger partial charge in [-0.1, -0.05) is 6.07 Å². The van der Waals surface area contributed by atoms with Crippen LogP contribution >= 0.6 is 12.4 Å². The average molecular weight is 376 g/mol. The molecule has 3 N–H and O–H groups in total. The van der Waals surface area contributed by atoms with Crippen LogP contribution in [-0.4, -0.2) is 35.8 Å². The molecule has 4 rings (SSSR count). The molecule has 2 aromatic rings. The van der Waals surface area contributed by atoms with E-state index in [1.54, 1.807) is 36.4 Å². The zero-order valence-corrected chi connectivity index (χ0v) is 15.1.